The number of nitrogens with one attached hydrogen (secondary N) is 1. The predicted molar refractivity (Wildman–Crippen MR) is 127 cm³/mol. The number of anilines is 1. The van der Waals surface area contributed by atoms with Crippen molar-refractivity contribution in [3.05, 3.63) is 77.4 Å². The van der Waals surface area contributed by atoms with E-state index in [1.165, 1.54) is 17.0 Å². The van der Waals surface area contributed by atoms with Crippen molar-refractivity contribution in [2.24, 2.45) is 0 Å². The van der Waals surface area contributed by atoms with Gasteiger partial charge in [0, 0.05) is 31.2 Å². The number of aromatic nitrogens is 2. The molecule has 3 aromatic rings. The summed E-state index contributed by atoms with van der Waals surface area (Å²) >= 11 is 5.84. The van der Waals surface area contributed by atoms with E-state index in [2.05, 4.69) is 39.7 Å². The number of hydrogen-bond acceptors (Lipinski definition) is 4. The third-order valence-corrected chi connectivity index (χ3v) is 6.21. The summed E-state index contributed by atoms with van der Waals surface area (Å²) in [4.78, 5) is 6.81. The van der Waals surface area contributed by atoms with Crippen molar-refractivity contribution in [2.75, 3.05) is 25.7 Å². The Morgan fingerprint density at radius 3 is 2.58 bits per heavy atom. The highest BCUT2D eigenvalue weighted by Gasteiger charge is 2.43. The average molecular weight is 437 g/mol. The molecule has 2 atom stereocenters. The number of ether oxygens (including phenoxy) is 2. The molecule has 0 saturated carbocycles. The van der Waals surface area contributed by atoms with Gasteiger partial charge in [0.15, 0.2) is 5.11 Å². The monoisotopic (exact) mass is 436 g/mol. The summed E-state index contributed by atoms with van der Waals surface area (Å²) in [5.41, 5.74) is 5.50. The van der Waals surface area contributed by atoms with Gasteiger partial charge in [-0.05, 0) is 62.0 Å². The van der Waals surface area contributed by atoms with Crippen LogP contribution in [-0.2, 0) is 11.3 Å². The molecule has 0 bridgehead atoms. The summed E-state index contributed by atoms with van der Waals surface area (Å²) < 4.78 is 13.3. The zero-order valence-electron chi connectivity index (χ0n) is 18.3. The van der Waals surface area contributed by atoms with E-state index in [9.17, 15) is 0 Å². The molecule has 2 aromatic heterocycles. The molecule has 0 aliphatic carbocycles. The molecule has 2 unspecified atom stereocenters. The number of aryl methyl sites for hydroxylation is 1. The van der Waals surface area contributed by atoms with Gasteiger partial charge in [-0.3, -0.25) is 4.98 Å². The Labute approximate surface area is 188 Å². The molecule has 1 aromatic carbocycles. The minimum atomic E-state index is -0.0880. The summed E-state index contributed by atoms with van der Waals surface area (Å²) in [7, 11) is 3.42. The third kappa shape index (κ3) is 3.91. The lowest BCUT2D eigenvalue weighted by Crippen LogP contribution is -2.30. The number of rotatable bonds is 7. The first-order chi connectivity index (χ1) is 15.1. The van der Waals surface area contributed by atoms with Crippen LogP contribution in [0.1, 0.15) is 34.7 Å². The van der Waals surface area contributed by atoms with Crippen LogP contribution in [-0.4, -0.2) is 35.5 Å². The van der Waals surface area contributed by atoms with E-state index in [-0.39, 0.29) is 12.1 Å². The molecule has 1 aliphatic heterocycles. The molecule has 1 fully saturated rings. The van der Waals surface area contributed by atoms with E-state index in [1.54, 1.807) is 14.2 Å². The molecule has 0 radical (unpaired) electrons. The quantitative estimate of drug-likeness (QED) is 0.557. The lowest BCUT2D eigenvalue weighted by atomic mass is 9.96. The van der Waals surface area contributed by atoms with Gasteiger partial charge < -0.3 is 24.3 Å². The molecule has 0 spiro atoms. The second kappa shape index (κ2) is 9.08. The van der Waals surface area contributed by atoms with Crippen LogP contribution in [0.15, 0.2) is 54.7 Å². The first-order valence-electron chi connectivity index (χ1n) is 10.4. The lowest BCUT2D eigenvalue weighted by Gasteiger charge is -2.29. The van der Waals surface area contributed by atoms with Crippen molar-refractivity contribution in [1.82, 2.24) is 14.9 Å². The maximum absolute atomic E-state index is 5.84. The van der Waals surface area contributed by atoms with Gasteiger partial charge in [0.05, 0.1) is 37.2 Å². The molecule has 1 saturated heterocycles. The second-order valence-corrected chi connectivity index (χ2v) is 8.03. The zero-order valence-corrected chi connectivity index (χ0v) is 19.1. The van der Waals surface area contributed by atoms with Crippen LogP contribution in [0.5, 0.6) is 5.75 Å². The van der Waals surface area contributed by atoms with Gasteiger partial charge >= 0.3 is 0 Å². The van der Waals surface area contributed by atoms with Crippen LogP contribution in [0.25, 0.3) is 0 Å². The highest BCUT2D eigenvalue weighted by molar-refractivity contribution is 7.80. The molecule has 31 heavy (non-hydrogen) atoms. The van der Waals surface area contributed by atoms with Gasteiger partial charge in [-0.15, -0.1) is 0 Å². The number of methoxy groups -OCH3 is 2. The number of hydrogen-bond donors (Lipinski definition) is 1. The Morgan fingerprint density at radius 1 is 1.10 bits per heavy atom. The summed E-state index contributed by atoms with van der Waals surface area (Å²) in [6.07, 6.45) is 1.82. The molecular weight excluding hydrogens is 408 g/mol. The smallest absolute Gasteiger partial charge is 0.174 e. The minimum Gasteiger partial charge on any atom is -0.495 e. The van der Waals surface area contributed by atoms with Crippen LogP contribution in [0.3, 0.4) is 0 Å². The van der Waals surface area contributed by atoms with Crippen molar-refractivity contribution in [3.63, 3.8) is 0 Å². The van der Waals surface area contributed by atoms with Gasteiger partial charge in [0.1, 0.15) is 5.75 Å². The summed E-state index contributed by atoms with van der Waals surface area (Å²) in [6.45, 7) is 5.77. The zero-order chi connectivity index (χ0) is 22.0. The minimum absolute atomic E-state index is 0.0683. The summed E-state index contributed by atoms with van der Waals surface area (Å²) in [5.74, 6) is 0.784. The van der Waals surface area contributed by atoms with E-state index in [4.69, 9.17) is 21.7 Å². The van der Waals surface area contributed by atoms with Gasteiger partial charge in [-0.1, -0.05) is 18.2 Å². The fraction of sp³-hybridized carbons (Fsp3) is 0.333. The van der Waals surface area contributed by atoms with Crippen molar-refractivity contribution < 1.29 is 9.47 Å². The number of pyridine rings is 1. The van der Waals surface area contributed by atoms with E-state index >= 15 is 0 Å². The Balaban J connectivity index is 1.87. The highest BCUT2D eigenvalue weighted by Crippen LogP contribution is 2.45. The third-order valence-electron chi connectivity index (χ3n) is 5.89. The van der Waals surface area contributed by atoms with Crippen LogP contribution < -0.4 is 15.0 Å². The van der Waals surface area contributed by atoms with E-state index < -0.39 is 0 Å². The van der Waals surface area contributed by atoms with Crippen LogP contribution in [0.4, 0.5) is 5.69 Å². The fourth-order valence-corrected chi connectivity index (χ4v) is 4.75. The van der Waals surface area contributed by atoms with Crippen molar-refractivity contribution in [1.29, 1.82) is 0 Å². The van der Waals surface area contributed by atoms with Crippen molar-refractivity contribution >= 4 is 23.0 Å². The average Bonchev–Trinajstić information content (AvgIpc) is 3.28. The molecule has 3 heterocycles. The highest BCUT2D eigenvalue weighted by atomic mass is 32.1. The molecule has 1 aliphatic rings. The fourth-order valence-electron chi connectivity index (χ4n) is 4.41. The van der Waals surface area contributed by atoms with Crippen LogP contribution in [0.2, 0.25) is 0 Å². The molecule has 0 amide bonds. The molecule has 7 heteroatoms. The van der Waals surface area contributed by atoms with Crippen molar-refractivity contribution in [3.8, 4) is 5.75 Å². The van der Waals surface area contributed by atoms with E-state index in [0.29, 0.717) is 11.7 Å². The lowest BCUT2D eigenvalue weighted by molar-refractivity contribution is 0.186. The Morgan fingerprint density at radius 2 is 1.87 bits per heavy atom. The molecular formula is C24H28N4O2S. The van der Waals surface area contributed by atoms with Gasteiger partial charge in [-0.25, -0.2) is 0 Å². The van der Waals surface area contributed by atoms with E-state index in [0.717, 1.165) is 23.7 Å². The van der Waals surface area contributed by atoms with Crippen LogP contribution in [0, 0.1) is 13.8 Å². The first kappa shape index (κ1) is 21.3. The number of para-hydroxylation sites is 2. The molecule has 1 N–H and O–H groups in total. The Bertz CT molecular complexity index is 1070. The number of benzene rings is 1. The summed E-state index contributed by atoms with van der Waals surface area (Å²) in [5, 5.41) is 4.18. The molecule has 6 nitrogen and oxygen atoms in total. The predicted octanol–water partition coefficient (Wildman–Crippen LogP) is 4.33. The van der Waals surface area contributed by atoms with Crippen LogP contribution >= 0.6 is 12.2 Å². The van der Waals surface area contributed by atoms with Gasteiger partial charge in [0.2, 0.25) is 0 Å². The number of nitrogens with zero attached hydrogens (tertiary/aromatic N) is 3. The largest absolute Gasteiger partial charge is 0.495 e. The summed E-state index contributed by atoms with van der Waals surface area (Å²) in [6, 6.07) is 16.1. The number of thiocarbonyl (C=S) groups is 1. The molecule has 4 rings (SSSR count). The normalized spacial score (nSPS) is 18.3. The second-order valence-electron chi connectivity index (χ2n) is 7.64. The van der Waals surface area contributed by atoms with E-state index in [1.807, 2.05) is 48.7 Å². The molecule has 162 valence electrons. The van der Waals surface area contributed by atoms with Crippen molar-refractivity contribution in [2.45, 2.75) is 32.5 Å². The Hall–Kier alpha value is -2.90. The Kier molecular flexibility index (Phi) is 6.25. The van der Waals surface area contributed by atoms with Gasteiger partial charge in [0.25, 0.3) is 0 Å². The maximum atomic E-state index is 5.84. The SMILES string of the molecule is COCCn1c(C)cc(C2C(c3ccccn3)NC(=S)N2c2ccccc2OC)c1C. The topological polar surface area (TPSA) is 51.5 Å². The van der Waals surface area contributed by atoms with Gasteiger partial charge in [-0.2, -0.15) is 0 Å². The maximum Gasteiger partial charge on any atom is 0.174 e. The standard InChI is InChI=1S/C24H28N4O2S/c1-16-15-18(17(2)27(16)13-14-29-3)23-22(19-9-7-8-12-25-19)26-24(31)28(23)20-10-5-6-11-21(20)30-4/h5-12,15,22-23H,13-14H2,1-4H3,(H,26,31). The first-order valence-corrected chi connectivity index (χ1v) is 10.8.